The number of carbonyl (C=O) groups is 1. The van der Waals surface area contributed by atoms with E-state index in [2.05, 4.69) is 15.6 Å². The number of fused-ring (bicyclic) bond motifs is 3. The number of hydrogen-bond acceptors (Lipinski definition) is 6. The Hall–Kier alpha value is -2.74. The van der Waals surface area contributed by atoms with Crippen molar-refractivity contribution < 1.29 is 9.53 Å². The van der Waals surface area contributed by atoms with Crippen molar-refractivity contribution in [3.05, 3.63) is 45.1 Å². The minimum atomic E-state index is -0.793. The van der Waals surface area contributed by atoms with Gasteiger partial charge in [-0.25, -0.2) is 0 Å². The van der Waals surface area contributed by atoms with E-state index in [4.69, 9.17) is 4.74 Å². The van der Waals surface area contributed by atoms with E-state index in [1.54, 1.807) is 36.5 Å². The number of methoxy groups -OCH3 is 1. The number of benzene rings is 1. The van der Waals surface area contributed by atoms with Crippen LogP contribution in [0.3, 0.4) is 0 Å². The van der Waals surface area contributed by atoms with Crippen LogP contribution in [0.2, 0.25) is 0 Å². The number of hydrogen-bond donors (Lipinski definition) is 1. The van der Waals surface area contributed by atoms with Gasteiger partial charge in [-0.15, -0.1) is 16.4 Å². The molecule has 1 amide bonds. The zero-order valence-electron chi connectivity index (χ0n) is 15.2. The lowest BCUT2D eigenvalue weighted by Gasteiger charge is -2.15. The molecule has 0 spiro atoms. The Labute approximate surface area is 160 Å². The first kappa shape index (κ1) is 17.7. The third kappa shape index (κ3) is 3.10. The molecule has 0 unspecified atom stereocenters. The Balaban J connectivity index is 1.68. The summed E-state index contributed by atoms with van der Waals surface area (Å²) in [5, 5.41) is 11.7. The highest BCUT2D eigenvalue weighted by Crippen LogP contribution is 2.33. The second-order valence-corrected chi connectivity index (χ2v) is 7.68. The fourth-order valence-corrected chi connectivity index (χ4v) is 4.63. The molecule has 1 aromatic carbocycles. The van der Waals surface area contributed by atoms with Crippen molar-refractivity contribution in [2.45, 2.75) is 38.6 Å². The van der Waals surface area contributed by atoms with Crippen molar-refractivity contribution in [3.8, 4) is 5.75 Å². The largest absolute Gasteiger partial charge is 0.495 e. The molecule has 0 radical (unpaired) electrons. The van der Waals surface area contributed by atoms with E-state index < -0.39 is 6.04 Å². The van der Waals surface area contributed by atoms with E-state index in [1.165, 1.54) is 16.7 Å². The standard InChI is InChI=1S/C19H20N4O3S/c1-11(17(24)20-13-8-4-5-9-14(13)26-2)23-19(25)16-12-7-3-6-10-15(12)27-18(16)21-22-23/h4-5,8-9,11H,3,6-7,10H2,1-2H3,(H,20,24)/t11-/m1/s1. The molecule has 0 aliphatic heterocycles. The number of aryl methyl sites for hydroxylation is 2. The van der Waals surface area contributed by atoms with Crippen LogP contribution in [0.25, 0.3) is 10.2 Å². The molecule has 2 heterocycles. The number of amides is 1. The zero-order chi connectivity index (χ0) is 19.0. The lowest BCUT2D eigenvalue weighted by Crippen LogP contribution is -2.34. The molecule has 27 heavy (non-hydrogen) atoms. The number of ether oxygens (including phenoxy) is 1. The monoisotopic (exact) mass is 384 g/mol. The van der Waals surface area contributed by atoms with Gasteiger partial charge in [0.05, 0.1) is 18.2 Å². The summed E-state index contributed by atoms with van der Waals surface area (Å²) in [7, 11) is 1.54. The molecule has 1 aliphatic rings. The molecule has 0 saturated carbocycles. The maximum Gasteiger partial charge on any atom is 0.279 e. The van der Waals surface area contributed by atoms with Crippen LogP contribution in [0.4, 0.5) is 5.69 Å². The van der Waals surface area contributed by atoms with Crippen molar-refractivity contribution in [2.75, 3.05) is 12.4 Å². The van der Waals surface area contributed by atoms with Gasteiger partial charge < -0.3 is 10.1 Å². The summed E-state index contributed by atoms with van der Waals surface area (Å²) in [6, 6.07) is 6.34. The van der Waals surface area contributed by atoms with E-state index in [0.29, 0.717) is 21.7 Å². The summed E-state index contributed by atoms with van der Waals surface area (Å²) in [6.07, 6.45) is 4.08. The fraction of sp³-hybridized carbons (Fsp3) is 0.368. The van der Waals surface area contributed by atoms with E-state index in [-0.39, 0.29) is 11.5 Å². The molecule has 8 heteroatoms. The van der Waals surface area contributed by atoms with E-state index in [1.807, 2.05) is 6.07 Å². The second kappa shape index (κ2) is 7.11. The Bertz CT molecular complexity index is 1070. The molecule has 0 saturated heterocycles. The molecule has 2 aromatic heterocycles. The van der Waals surface area contributed by atoms with Gasteiger partial charge in [0.15, 0.2) is 4.83 Å². The zero-order valence-corrected chi connectivity index (χ0v) is 16.0. The van der Waals surface area contributed by atoms with Gasteiger partial charge in [-0.1, -0.05) is 17.3 Å². The number of carbonyl (C=O) groups excluding carboxylic acids is 1. The minimum Gasteiger partial charge on any atom is -0.495 e. The van der Waals surface area contributed by atoms with Gasteiger partial charge in [0.2, 0.25) is 5.91 Å². The van der Waals surface area contributed by atoms with Crippen molar-refractivity contribution in [2.24, 2.45) is 0 Å². The Morgan fingerprint density at radius 3 is 2.89 bits per heavy atom. The Morgan fingerprint density at radius 2 is 2.07 bits per heavy atom. The maximum absolute atomic E-state index is 13.0. The van der Waals surface area contributed by atoms with Gasteiger partial charge in [-0.3, -0.25) is 9.59 Å². The lowest BCUT2D eigenvalue weighted by molar-refractivity contribution is -0.119. The van der Waals surface area contributed by atoms with Gasteiger partial charge >= 0.3 is 0 Å². The predicted molar refractivity (Wildman–Crippen MR) is 105 cm³/mol. The smallest absolute Gasteiger partial charge is 0.279 e. The number of nitrogens with one attached hydrogen (secondary N) is 1. The van der Waals surface area contributed by atoms with Crippen molar-refractivity contribution in [1.29, 1.82) is 0 Å². The van der Waals surface area contributed by atoms with Gasteiger partial charge in [-0.2, -0.15) is 4.68 Å². The molecule has 0 fully saturated rings. The van der Waals surface area contributed by atoms with Crippen molar-refractivity contribution >= 4 is 33.1 Å². The van der Waals surface area contributed by atoms with Crippen molar-refractivity contribution in [3.63, 3.8) is 0 Å². The molecule has 1 aliphatic carbocycles. The van der Waals surface area contributed by atoms with Crippen LogP contribution in [0.1, 0.15) is 36.2 Å². The summed E-state index contributed by atoms with van der Waals surface area (Å²) in [4.78, 5) is 27.6. The van der Waals surface area contributed by atoms with E-state index in [0.717, 1.165) is 31.2 Å². The number of rotatable bonds is 4. The van der Waals surface area contributed by atoms with Crippen LogP contribution in [0.5, 0.6) is 5.75 Å². The van der Waals surface area contributed by atoms with Crippen LogP contribution in [0.15, 0.2) is 29.1 Å². The first-order valence-electron chi connectivity index (χ1n) is 8.93. The highest BCUT2D eigenvalue weighted by molar-refractivity contribution is 7.18. The van der Waals surface area contributed by atoms with E-state index in [9.17, 15) is 9.59 Å². The minimum absolute atomic E-state index is 0.248. The first-order valence-corrected chi connectivity index (χ1v) is 9.75. The van der Waals surface area contributed by atoms with Crippen LogP contribution in [-0.4, -0.2) is 28.0 Å². The number of para-hydroxylation sites is 2. The van der Waals surface area contributed by atoms with Crippen LogP contribution in [-0.2, 0) is 17.6 Å². The number of thiophene rings is 1. The lowest BCUT2D eigenvalue weighted by atomic mass is 9.97. The summed E-state index contributed by atoms with van der Waals surface area (Å²) in [5.41, 5.74) is 1.39. The van der Waals surface area contributed by atoms with Crippen molar-refractivity contribution in [1.82, 2.24) is 15.0 Å². The van der Waals surface area contributed by atoms with E-state index >= 15 is 0 Å². The normalized spacial score (nSPS) is 14.6. The molecule has 1 atom stereocenters. The molecule has 4 rings (SSSR count). The molecule has 140 valence electrons. The Kier molecular flexibility index (Phi) is 4.65. The topological polar surface area (TPSA) is 86.1 Å². The number of anilines is 1. The SMILES string of the molecule is COc1ccccc1NC(=O)[C@@H](C)n1nnc2sc3c(c2c1=O)CCCC3. The molecular formula is C19H20N4O3S. The average molecular weight is 384 g/mol. The highest BCUT2D eigenvalue weighted by atomic mass is 32.1. The van der Waals surface area contributed by atoms with Gasteiger partial charge in [0.1, 0.15) is 11.8 Å². The first-order chi connectivity index (χ1) is 13.1. The molecule has 1 N–H and O–H groups in total. The Morgan fingerprint density at radius 1 is 1.30 bits per heavy atom. The summed E-state index contributed by atoms with van der Waals surface area (Å²) < 4.78 is 6.43. The summed E-state index contributed by atoms with van der Waals surface area (Å²) in [6.45, 7) is 1.64. The number of aromatic nitrogens is 3. The van der Waals surface area contributed by atoms with Crippen LogP contribution < -0.4 is 15.6 Å². The van der Waals surface area contributed by atoms with Gasteiger partial charge in [0, 0.05) is 4.88 Å². The van der Waals surface area contributed by atoms with Crippen LogP contribution >= 0.6 is 11.3 Å². The summed E-state index contributed by atoms with van der Waals surface area (Å²) >= 11 is 1.55. The van der Waals surface area contributed by atoms with Gasteiger partial charge in [0.25, 0.3) is 5.56 Å². The fourth-order valence-electron chi connectivity index (χ4n) is 3.44. The molecular weight excluding hydrogens is 364 g/mol. The van der Waals surface area contributed by atoms with Gasteiger partial charge in [-0.05, 0) is 50.3 Å². The molecule has 3 aromatic rings. The second-order valence-electron chi connectivity index (χ2n) is 6.60. The average Bonchev–Trinajstić information content (AvgIpc) is 3.07. The number of nitrogens with zero attached hydrogens (tertiary/aromatic N) is 3. The highest BCUT2D eigenvalue weighted by Gasteiger charge is 2.24. The van der Waals surface area contributed by atoms with Crippen LogP contribution in [0, 0.1) is 0 Å². The summed E-state index contributed by atoms with van der Waals surface area (Å²) in [5.74, 6) is 0.207. The molecule has 7 nitrogen and oxygen atoms in total. The molecule has 0 bridgehead atoms. The third-order valence-corrected chi connectivity index (χ3v) is 6.09. The predicted octanol–water partition coefficient (Wildman–Crippen LogP) is 2.94. The third-order valence-electron chi connectivity index (χ3n) is 4.92. The quantitative estimate of drug-likeness (QED) is 0.747. The maximum atomic E-state index is 13.0.